The van der Waals surface area contributed by atoms with E-state index in [1.54, 1.807) is 13.2 Å². The molecule has 1 aromatic rings. The summed E-state index contributed by atoms with van der Waals surface area (Å²) in [5.41, 5.74) is 6.79. The zero-order valence-electron chi connectivity index (χ0n) is 11.5. The lowest BCUT2D eigenvalue weighted by Gasteiger charge is -2.20. The van der Waals surface area contributed by atoms with Crippen molar-refractivity contribution >= 4 is 5.84 Å². The van der Waals surface area contributed by atoms with E-state index < -0.39 is 5.82 Å². The summed E-state index contributed by atoms with van der Waals surface area (Å²) in [6, 6.07) is 4.57. The normalized spacial score (nSPS) is 23.2. The summed E-state index contributed by atoms with van der Waals surface area (Å²) < 4.78 is 18.7. The zero-order chi connectivity index (χ0) is 14.5. The fourth-order valence-corrected chi connectivity index (χ4v) is 2.68. The van der Waals surface area contributed by atoms with Crippen LogP contribution in [0.25, 0.3) is 0 Å². The largest absolute Gasteiger partial charge is 0.409 e. The Balaban J connectivity index is 2.09. The molecule has 1 fully saturated rings. The van der Waals surface area contributed by atoms with Gasteiger partial charge in [0.05, 0.1) is 6.10 Å². The number of nitrogens with two attached hydrogens (primary N) is 1. The molecule has 20 heavy (non-hydrogen) atoms. The SMILES string of the molecule is COC1CCCC1NCc1ccc(F)cc1C(N)=NO. The average molecular weight is 281 g/mol. The van der Waals surface area contributed by atoms with Gasteiger partial charge >= 0.3 is 0 Å². The minimum atomic E-state index is -0.411. The van der Waals surface area contributed by atoms with Crippen molar-refractivity contribution in [2.75, 3.05) is 7.11 Å². The molecule has 0 aliphatic heterocycles. The van der Waals surface area contributed by atoms with Crippen LogP contribution in [0.3, 0.4) is 0 Å². The molecule has 2 rings (SSSR count). The van der Waals surface area contributed by atoms with Crippen molar-refractivity contribution in [1.82, 2.24) is 5.32 Å². The molecule has 0 radical (unpaired) electrons. The predicted molar refractivity (Wildman–Crippen MR) is 74.2 cm³/mol. The second-order valence-electron chi connectivity index (χ2n) is 4.98. The van der Waals surface area contributed by atoms with Crippen LogP contribution in [-0.4, -0.2) is 30.3 Å². The van der Waals surface area contributed by atoms with Crippen LogP contribution in [0, 0.1) is 5.82 Å². The van der Waals surface area contributed by atoms with Gasteiger partial charge in [0.1, 0.15) is 5.82 Å². The summed E-state index contributed by atoms with van der Waals surface area (Å²) in [6.07, 6.45) is 3.44. The third-order valence-corrected chi connectivity index (χ3v) is 3.77. The first-order valence-corrected chi connectivity index (χ1v) is 6.68. The first kappa shape index (κ1) is 14.7. The summed E-state index contributed by atoms with van der Waals surface area (Å²) in [5.74, 6) is -0.498. The first-order valence-electron chi connectivity index (χ1n) is 6.68. The van der Waals surface area contributed by atoms with Crippen LogP contribution >= 0.6 is 0 Å². The van der Waals surface area contributed by atoms with E-state index in [-0.39, 0.29) is 18.0 Å². The van der Waals surface area contributed by atoms with Gasteiger partial charge in [-0.1, -0.05) is 11.2 Å². The van der Waals surface area contributed by atoms with Gasteiger partial charge in [-0.2, -0.15) is 0 Å². The molecule has 0 spiro atoms. The van der Waals surface area contributed by atoms with Gasteiger partial charge in [-0.15, -0.1) is 0 Å². The van der Waals surface area contributed by atoms with E-state index in [4.69, 9.17) is 15.7 Å². The summed E-state index contributed by atoms with van der Waals surface area (Å²) in [7, 11) is 1.71. The lowest BCUT2D eigenvalue weighted by atomic mass is 10.1. The molecule has 110 valence electrons. The molecule has 0 heterocycles. The smallest absolute Gasteiger partial charge is 0.170 e. The van der Waals surface area contributed by atoms with Crippen molar-refractivity contribution in [2.45, 2.75) is 38.0 Å². The molecule has 0 saturated heterocycles. The highest BCUT2D eigenvalue weighted by molar-refractivity contribution is 5.98. The number of methoxy groups -OCH3 is 1. The van der Waals surface area contributed by atoms with Crippen molar-refractivity contribution in [3.05, 3.63) is 35.1 Å². The van der Waals surface area contributed by atoms with Crippen LogP contribution in [0.1, 0.15) is 30.4 Å². The number of hydrogen-bond acceptors (Lipinski definition) is 4. The summed E-state index contributed by atoms with van der Waals surface area (Å²) in [6.45, 7) is 0.524. The summed E-state index contributed by atoms with van der Waals surface area (Å²) >= 11 is 0. The third kappa shape index (κ3) is 3.26. The average Bonchev–Trinajstić information content (AvgIpc) is 2.92. The highest BCUT2D eigenvalue weighted by Gasteiger charge is 2.26. The standard InChI is InChI=1S/C14H20FN3O2/c1-20-13-4-2-3-12(13)17-8-9-5-6-10(15)7-11(9)14(16)18-19/h5-7,12-13,17,19H,2-4,8H2,1H3,(H2,16,18). The molecule has 1 aliphatic carbocycles. The van der Waals surface area contributed by atoms with E-state index in [1.165, 1.54) is 12.1 Å². The second-order valence-corrected chi connectivity index (χ2v) is 4.98. The first-order chi connectivity index (χ1) is 9.65. The third-order valence-electron chi connectivity index (χ3n) is 3.77. The summed E-state index contributed by atoms with van der Waals surface area (Å²) in [5, 5.41) is 15.1. The van der Waals surface area contributed by atoms with Crippen molar-refractivity contribution in [1.29, 1.82) is 0 Å². The van der Waals surface area contributed by atoms with Gasteiger partial charge < -0.3 is 21.0 Å². The van der Waals surface area contributed by atoms with Crippen LogP contribution in [0.2, 0.25) is 0 Å². The van der Waals surface area contributed by atoms with Crippen LogP contribution in [0.4, 0.5) is 4.39 Å². The van der Waals surface area contributed by atoms with Gasteiger partial charge in [0, 0.05) is 25.3 Å². The fraction of sp³-hybridized carbons (Fsp3) is 0.500. The highest BCUT2D eigenvalue weighted by atomic mass is 19.1. The lowest BCUT2D eigenvalue weighted by molar-refractivity contribution is 0.0847. The number of rotatable bonds is 5. The Bertz CT molecular complexity index is 493. The van der Waals surface area contributed by atoms with Crippen molar-refractivity contribution in [3.63, 3.8) is 0 Å². The quantitative estimate of drug-likeness (QED) is 0.331. The molecule has 4 N–H and O–H groups in total. The molecule has 1 aromatic carbocycles. The fourth-order valence-electron chi connectivity index (χ4n) is 2.68. The molecule has 1 aliphatic rings. The topological polar surface area (TPSA) is 79.9 Å². The number of oxime groups is 1. The molecular formula is C14H20FN3O2. The van der Waals surface area contributed by atoms with Crippen LogP contribution in [0.15, 0.2) is 23.4 Å². The second kappa shape index (κ2) is 6.67. The minimum Gasteiger partial charge on any atom is -0.409 e. The molecule has 0 bridgehead atoms. The van der Waals surface area contributed by atoms with Gasteiger partial charge in [-0.3, -0.25) is 0 Å². The minimum absolute atomic E-state index is 0.0870. The maximum Gasteiger partial charge on any atom is 0.170 e. The van der Waals surface area contributed by atoms with E-state index in [9.17, 15) is 4.39 Å². The Kier molecular flexibility index (Phi) is 4.92. The van der Waals surface area contributed by atoms with E-state index in [1.807, 2.05) is 0 Å². The highest BCUT2D eigenvalue weighted by Crippen LogP contribution is 2.22. The molecule has 0 aromatic heterocycles. The number of halogens is 1. The molecule has 1 saturated carbocycles. The monoisotopic (exact) mass is 281 g/mol. The maximum atomic E-state index is 13.3. The Hall–Kier alpha value is -1.66. The Morgan fingerprint density at radius 2 is 2.35 bits per heavy atom. The number of benzene rings is 1. The van der Waals surface area contributed by atoms with E-state index in [0.29, 0.717) is 12.1 Å². The van der Waals surface area contributed by atoms with Crippen molar-refractivity contribution in [2.24, 2.45) is 10.9 Å². The molecule has 6 heteroatoms. The van der Waals surface area contributed by atoms with E-state index in [0.717, 1.165) is 24.8 Å². The van der Waals surface area contributed by atoms with Gasteiger partial charge in [-0.25, -0.2) is 4.39 Å². The maximum absolute atomic E-state index is 13.3. The molecule has 2 unspecified atom stereocenters. The lowest BCUT2D eigenvalue weighted by Crippen LogP contribution is -2.36. The molecular weight excluding hydrogens is 261 g/mol. The van der Waals surface area contributed by atoms with Gasteiger partial charge in [0.25, 0.3) is 0 Å². The predicted octanol–water partition coefficient (Wildman–Crippen LogP) is 1.58. The van der Waals surface area contributed by atoms with E-state index in [2.05, 4.69) is 10.5 Å². The van der Waals surface area contributed by atoms with E-state index >= 15 is 0 Å². The zero-order valence-corrected chi connectivity index (χ0v) is 11.5. The number of nitrogens with zero attached hydrogens (tertiary/aromatic N) is 1. The molecule has 2 atom stereocenters. The van der Waals surface area contributed by atoms with Gasteiger partial charge in [0.15, 0.2) is 5.84 Å². The van der Waals surface area contributed by atoms with Gasteiger partial charge in [0.2, 0.25) is 0 Å². The number of amidine groups is 1. The Morgan fingerprint density at radius 3 is 3.05 bits per heavy atom. The number of nitrogens with one attached hydrogen (secondary N) is 1. The van der Waals surface area contributed by atoms with Crippen molar-refractivity contribution in [3.8, 4) is 0 Å². The molecule has 0 amide bonds. The summed E-state index contributed by atoms with van der Waals surface area (Å²) in [4.78, 5) is 0. The molecule has 5 nitrogen and oxygen atoms in total. The Labute approximate surface area is 117 Å². The van der Waals surface area contributed by atoms with Gasteiger partial charge in [-0.05, 0) is 37.0 Å². The number of hydrogen-bond donors (Lipinski definition) is 3. The Morgan fingerprint density at radius 1 is 1.55 bits per heavy atom. The van der Waals surface area contributed by atoms with Crippen molar-refractivity contribution < 1.29 is 14.3 Å². The van der Waals surface area contributed by atoms with Crippen LogP contribution < -0.4 is 11.1 Å². The van der Waals surface area contributed by atoms with Crippen LogP contribution in [0.5, 0.6) is 0 Å². The number of ether oxygens (including phenoxy) is 1. The van der Waals surface area contributed by atoms with Crippen LogP contribution in [-0.2, 0) is 11.3 Å².